The van der Waals surface area contributed by atoms with Crippen LogP contribution in [0.15, 0.2) is 18.3 Å². The van der Waals surface area contributed by atoms with Crippen LogP contribution in [0.2, 0.25) is 0 Å². The summed E-state index contributed by atoms with van der Waals surface area (Å²) in [5, 5.41) is 3.37. The highest BCUT2D eigenvalue weighted by Crippen LogP contribution is 2.21. The minimum absolute atomic E-state index is 0. The minimum Gasteiger partial charge on any atom is -0.481 e. The fourth-order valence-corrected chi connectivity index (χ4v) is 1.96. The van der Waals surface area contributed by atoms with Gasteiger partial charge in [0.05, 0.1) is 7.11 Å². The maximum absolute atomic E-state index is 10.4. The number of rotatable bonds is 3. The van der Waals surface area contributed by atoms with Crippen molar-refractivity contribution in [1.82, 2.24) is 10.3 Å². The molecule has 0 spiro atoms. The molecule has 0 radical (unpaired) electrons. The Morgan fingerprint density at radius 1 is 1.52 bits per heavy atom. The SMILES string of the molecule is COc1ncccc1C[C@H]1CCNC1.O=CC(F)(F)F.S. The molecule has 8 heteroatoms. The Morgan fingerprint density at radius 2 is 2.19 bits per heavy atom. The summed E-state index contributed by atoms with van der Waals surface area (Å²) < 4.78 is 36.5. The van der Waals surface area contributed by atoms with E-state index < -0.39 is 12.5 Å². The molecule has 0 bridgehead atoms. The van der Waals surface area contributed by atoms with Crippen molar-refractivity contribution in [2.24, 2.45) is 5.92 Å². The molecule has 0 unspecified atom stereocenters. The van der Waals surface area contributed by atoms with Gasteiger partial charge in [-0.25, -0.2) is 4.98 Å². The van der Waals surface area contributed by atoms with Gasteiger partial charge in [-0.1, -0.05) is 6.07 Å². The maximum Gasteiger partial charge on any atom is 0.446 e. The molecule has 0 aromatic carbocycles. The van der Waals surface area contributed by atoms with E-state index in [1.165, 1.54) is 12.0 Å². The third-order valence-corrected chi connectivity index (χ3v) is 2.85. The zero-order valence-electron chi connectivity index (χ0n) is 11.6. The van der Waals surface area contributed by atoms with Gasteiger partial charge in [0, 0.05) is 11.8 Å². The predicted octanol–water partition coefficient (Wildman–Crippen LogP) is 2.10. The largest absolute Gasteiger partial charge is 0.481 e. The van der Waals surface area contributed by atoms with Crippen molar-refractivity contribution < 1.29 is 22.7 Å². The Hall–Kier alpha value is -1.28. The smallest absolute Gasteiger partial charge is 0.446 e. The van der Waals surface area contributed by atoms with Gasteiger partial charge >= 0.3 is 6.18 Å². The number of halogens is 3. The number of nitrogens with one attached hydrogen (secondary N) is 1. The number of carbonyl (C=O) groups excluding carboxylic acids is 1. The normalized spacial score (nSPS) is 17.2. The Bertz CT molecular complexity index is 424. The van der Waals surface area contributed by atoms with Gasteiger partial charge in [0.15, 0.2) is 0 Å². The van der Waals surface area contributed by atoms with Crippen LogP contribution in [0.25, 0.3) is 0 Å². The molecule has 2 rings (SSSR count). The molecule has 1 aromatic rings. The number of aromatic nitrogens is 1. The minimum atomic E-state index is -4.64. The highest BCUT2D eigenvalue weighted by Gasteiger charge is 2.24. The van der Waals surface area contributed by atoms with Crippen molar-refractivity contribution in [3.8, 4) is 5.88 Å². The number of aldehydes is 1. The van der Waals surface area contributed by atoms with Crippen molar-refractivity contribution in [2.75, 3.05) is 20.2 Å². The molecular formula is C13H19F3N2O2S. The third-order valence-electron chi connectivity index (χ3n) is 2.85. The van der Waals surface area contributed by atoms with E-state index in [1.54, 1.807) is 13.3 Å². The van der Waals surface area contributed by atoms with Crippen LogP contribution in [0.1, 0.15) is 12.0 Å². The van der Waals surface area contributed by atoms with E-state index in [0.717, 1.165) is 31.3 Å². The van der Waals surface area contributed by atoms with Gasteiger partial charge in [-0.2, -0.15) is 26.7 Å². The summed E-state index contributed by atoms with van der Waals surface area (Å²) in [5.41, 5.74) is 1.23. The summed E-state index contributed by atoms with van der Waals surface area (Å²) in [7, 11) is 1.68. The highest BCUT2D eigenvalue weighted by atomic mass is 32.1. The van der Waals surface area contributed by atoms with Gasteiger partial charge in [0.2, 0.25) is 12.2 Å². The summed E-state index contributed by atoms with van der Waals surface area (Å²) in [6, 6.07) is 4.07. The second kappa shape index (κ2) is 9.62. The lowest BCUT2D eigenvalue weighted by atomic mass is 10.00. The number of pyridine rings is 1. The van der Waals surface area contributed by atoms with Crippen LogP contribution in [0, 0.1) is 5.92 Å². The molecule has 1 fully saturated rings. The van der Waals surface area contributed by atoms with Crippen LogP contribution < -0.4 is 10.1 Å². The third kappa shape index (κ3) is 7.91. The second-order valence-corrected chi connectivity index (χ2v) is 4.39. The van der Waals surface area contributed by atoms with Gasteiger partial charge in [0.1, 0.15) is 0 Å². The topological polar surface area (TPSA) is 51.2 Å². The molecule has 1 aliphatic rings. The summed E-state index contributed by atoms with van der Waals surface area (Å²) in [4.78, 5) is 12.9. The molecule has 1 N–H and O–H groups in total. The molecule has 21 heavy (non-hydrogen) atoms. The van der Waals surface area contributed by atoms with E-state index in [9.17, 15) is 13.2 Å². The average molecular weight is 324 g/mol. The molecule has 4 nitrogen and oxygen atoms in total. The number of nitrogens with zero attached hydrogens (tertiary/aromatic N) is 1. The molecule has 1 atom stereocenters. The summed E-state index contributed by atoms with van der Waals surface area (Å²) >= 11 is 0. The summed E-state index contributed by atoms with van der Waals surface area (Å²) in [6.07, 6.45) is -1.59. The first-order valence-electron chi connectivity index (χ1n) is 6.18. The molecule has 120 valence electrons. The molecule has 1 saturated heterocycles. The van der Waals surface area contributed by atoms with E-state index in [2.05, 4.69) is 16.4 Å². The molecule has 0 aliphatic carbocycles. The lowest BCUT2D eigenvalue weighted by molar-refractivity contribution is -0.156. The quantitative estimate of drug-likeness (QED) is 0.865. The fraction of sp³-hybridized carbons (Fsp3) is 0.538. The van der Waals surface area contributed by atoms with Crippen LogP contribution in [0.4, 0.5) is 13.2 Å². The Balaban J connectivity index is 0.000000495. The van der Waals surface area contributed by atoms with Crippen molar-refractivity contribution in [1.29, 1.82) is 0 Å². The van der Waals surface area contributed by atoms with Gasteiger partial charge in [-0.15, -0.1) is 0 Å². The van der Waals surface area contributed by atoms with Crippen LogP contribution in [0.5, 0.6) is 5.88 Å². The zero-order chi connectivity index (χ0) is 15.0. The van der Waals surface area contributed by atoms with E-state index in [1.807, 2.05) is 6.07 Å². The van der Waals surface area contributed by atoms with Crippen LogP contribution in [-0.2, 0) is 11.2 Å². The highest BCUT2D eigenvalue weighted by molar-refractivity contribution is 7.59. The first-order valence-corrected chi connectivity index (χ1v) is 6.18. The standard InChI is InChI=1S/C11H16N2O.C2HF3O.H2S/c1-14-11-10(3-2-5-13-11)7-9-4-6-12-8-9;3-2(4,5)1-6;/h2-3,5,9,12H,4,6-8H2,1H3;1H;1H2/t9-;;/m1../s1. The number of hydrogen-bond donors (Lipinski definition) is 1. The van der Waals surface area contributed by atoms with E-state index >= 15 is 0 Å². The van der Waals surface area contributed by atoms with Crippen molar-refractivity contribution in [2.45, 2.75) is 19.0 Å². The summed E-state index contributed by atoms with van der Waals surface area (Å²) in [6.45, 7) is 2.27. The first-order chi connectivity index (χ1) is 9.46. The van der Waals surface area contributed by atoms with Crippen molar-refractivity contribution >= 4 is 19.8 Å². The predicted molar refractivity (Wildman–Crippen MR) is 78.0 cm³/mol. The average Bonchev–Trinajstić information content (AvgIpc) is 2.92. The number of alkyl halides is 3. The van der Waals surface area contributed by atoms with Gasteiger partial charge < -0.3 is 10.1 Å². The monoisotopic (exact) mass is 324 g/mol. The van der Waals surface area contributed by atoms with Crippen LogP contribution >= 0.6 is 13.5 Å². The molecular weight excluding hydrogens is 305 g/mol. The number of ether oxygens (including phenoxy) is 1. The Kier molecular flexibility index (Phi) is 9.03. The first kappa shape index (κ1) is 19.7. The lowest BCUT2D eigenvalue weighted by Crippen LogP contribution is -2.11. The van der Waals surface area contributed by atoms with E-state index in [-0.39, 0.29) is 13.5 Å². The number of methoxy groups -OCH3 is 1. The van der Waals surface area contributed by atoms with Gasteiger partial charge in [0.25, 0.3) is 0 Å². The fourth-order valence-electron chi connectivity index (χ4n) is 1.96. The van der Waals surface area contributed by atoms with E-state index in [0.29, 0.717) is 0 Å². The van der Waals surface area contributed by atoms with E-state index in [4.69, 9.17) is 9.53 Å². The Morgan fingerprint density at radius 3 is 2.67 bits per heavy atom. The Labute approximate surface area is 128 Å². The molecule has 1 aromatic heterocycles. The van der Waals surface area contributed by atoms with Crippen LogP contribution in [0.3, 0.4) is 0 Å². The van der Waals surface area contributed by atoms with Gasteiger partial charge in [-0.05, 0) is 37.9 Å². The lowest BCUT2D eigenvalue weighted by Gasteiger charge is -2.10. The van der Waals surface area contributed by atoms with Crippen LogP contribution in [-0.4, -0.2) is 37.6 Å². The molecule has 1 aliphatic heterocycles. The number of hydrogen-bond acceptors (Lipinski definition) is 4. The second-order valence-electron chi connectivity index (χ2n) is 4.39. The molecule has 2 heterocycles. The molecule has 0 amide bonds. The zero-order valence-corrected chi connectivity index (χ0v) is 12.6. The maximum atomic E-state index is 10.4. The molecule has 0 saturated carbocycles. The number of carbonyl (C=O) groups is 1. The van der Waals surface area contributed by atoms with Crippen molar-refractivity contribution in [3.05, 3.63) is 23.9 Å². The van der Waals surface area contributed by atoms with Crippen molar-refractivity contribution in [3.63, 3.8) is 0 Å². The summed E-state index contributed by atoms with van der Waals surface area (Å²) in [5.74, 6) is 1.52. The van der Waals surface area contributed by atoms with Gasteiger partial charge in [-0.3, -0.25) is 4.79 Å².